The molecule has 0 amide bonds. The van der Waals surface area contributed by atoms with E-state index in [0.29, 0.717) is 28.5 Å². The molecule has 0 unspecified atom stereocenters. The van der Waals surface area contributed by atoms with E-state index in [2.05, 4.69) is 0 Å². The molecule has 1 N–H and O–H groups in total. The number of nitrogens with zero attached hydrogens (tertiary/aromatic N) is 1. The molecule has 1 heterocycles. The molecule has 0 saturated heterocycles. The SMILES string of the molecule is COc1ccc2c(c1)c(C=O)cn2C(=O)O. The number of carbonyl (C=O) groups excluding carboxylic acids is 1. The largest absolute Gasteiger partial charge is 0.497 e. The lowest BCUT2D eigenvalue weighted by molar-refractivity contribution is 0.112. The second-order valence-electron chi connectivity index (χ2n) is 3.24. The van der Waals surface area contributed by atoms with Gasteiger partial charge in [0.15, 0.2) is 6.29 Å². The smallest absolute Gasteiger partial charge is 0.416 e. The van der Waals surface area contributed by atoms with Gasteiger partial charge in [-0.2, -0.15) is 0 Å². The lowest BCUT2D eigenvalue weighted by Gasteiger charge is -2.00. The van der Waals surface area contributed by atoms with Gasteiger partial charge in [-0.3, -0.25) is 9.36 Å². The number of ether oxygens (including phenoxy) is 1. The lowest BCUT2D eigenvalue weighted by Crippen LogP contribution is -2.05. The second kappa shape index (κ2) is 3.69. The first-order valence-electron chi connectivity index (χ1n) is 4.55. The van der Waals surface area contributed by atoms with Crippen LogP contribution in [0.1, 0.15) is 10.4 Å². The maximum Gasteiger partial charge on any atom is 0.416 e. The van der Waals surface area contributed by atoms with Gasteiger partial charge in [0.1, 0.15) is 5.75 Å². The van der Waals surface area contributed by atoms with Crippen LogP contribution in [0.3, 0.4) is 0 Å². The Balaban J connectivity index is 2.79. The topological polar surface area (TPSA) is 68.5 Å². The highest BCUT2D eigenvalue weighted by atomic mass is 16.5. The minimum Gasteiger partial charge on any atom is -0.497 e. The van der Waals surface area contributed by atoms with Crippen LogP contribution in [0.15, 0.2) is 24.4 Å². The van der Waals surface area contributed by atoms with Gasteiger partial charge in [-0.15, -0.1) is 0 Å². The van der Waals surface area contributed by atoms with Crippen LogP contribution >= 0.6 is 0 Å². The van der Waals surface area contributed by atoms with Crippen molar-refractivity contribution in [2.24, 2.45) is 0 Å². The fourth-order valence-electron chi connectivity index (χ4n) is 1.61. The van der Waals surface area contributed by atoms with Gasteiger partial charge < -0.3 is 9.84 Å². The summed E-state index contributed by atoms with van der Waals surface area (Å²) in [6, 6.07) is 4.89. The maximum atomic E-state index is 10.9. The summed E-state index contributed by atoms with van der Waals surface area (Å²) in [6.45, 7) is 0. The van der Waals surface area contributed by atoms with E-state index >= 15 is 0 Å². The Bertz CT molecular complexity index is 571. The Kier molecular flexibility index (Phi) is 2.36. The number of carbonyl (C=O) groups is 2. The van der Waals surface area contributed by atoms with Crippen molar-refractivity contribution in [3.63, 3.8) is 0 Å². The van der Waals surface area contributed by atoms with Crippen LogP contribution in [0.5, 0.6) is 5.75 Å². The van der Waals surface area contributed by atoms with E-state index in [9.17, 15) is 9.59 Å². The van der Waals surface area contributed by atoms with E-state index in [4.69, 9.17) is 9.84 Å². The molecule has 0 aliphatic heterocycles. The number of fused-ring (bicyclic) bond motifs is 1. The Morgan fingerprint density at radius 2 is 2.25 bits per heavy atom. The van der Waals surface area contributed by atoms with Crippen LogP contribution in [-0.4, -0.2) is 29.2 Å². The molecule has 1 aromatic carbocycles. The zero-order valence-electron chi connectivity index (χ0n) is 8.51. The summed E-state index contributed by atoms with van der Waals surface area (Å²) in [5.41, 5.74) is 0.798. The molecule has 16 heavy (non-hydrogen) atoms. The first-order chi connectivity index (χ1) is 7.67. The minimum atomic E-state index is -1.12. The fraction of sp³-hybridized carbons (Fsp3) is 0.0909. The van der Waals surface area contributed by atoms with Crippen LogP contribution in [0.25, 0.3) is 10.9 Å². The molecule has 2 rings (SSSR count). The van der Waals surface area contributed by atoms with Crippen LogP contribution in [-0.2, 0) is 0 Å². The van der Waals surface area contributed by atoms with Crippen molar-refractivity contribution in [2.45, 2.75) is 0 Å². The standard InChI is InChI=1S/C11H9NO4/c1-16-8-2-3-10-9(4-8)7(6-13)5-12(10)11(14)15/h2-6H,1H3,(H,14,15). The number of benzene rings is 1. The number of hydrogen-bond donors (Lipinski definition) is 1. The van der Waals surface area contributed by atoms with Crippen LogP contribution in [0.2, 0.25) is 0 Å². The average molecular weight is 219 g/mol. The van der Waals surface area contributed by atoms with Crippen molar-refractivity contribution >= 4 is 23.3 Å². The quantitative estimate of drug-likeness (QED) is 0.784. The van der Waals surface area contributed by atoms with Gasteiger partial charge in [-0.1, -0.05) is 0 Å². The average Bonchev–Trinajstić information content (AvgIpc) is 2.66. The van der Waals surface area contributed by atoms with Crippen molar-refractivity contribution in [3.8, 4) is 5.75 Å². The molecule has 5 heteroatoms. The zero-order valence-corrected chi connectivity index (χ0v) is 8.51. The van der Waals surface area contributed by atoms with E-state index in [0.717, 1.165) is 4.57 Å². The summed E-state index contributed by atoms with van der Waals surface area (Å²) >= 11 is 0. The van der Waals surface area contributed by atoms with Gasteiger partial charge >= 0.3 is 6.09 Å². The molecule has 82 valence electrons. The fourth-order valence-corrected chi connectivity index (χ4v) is 1.61. The summed E-state index contributed by atoms with van der Waals surface area (Å²) in [5, 5.41) is 9.50. The Hall–Kier alpha value is -2.30. The van der Waals surface area contributed by atoms with Crippen molar-refractivity contribution in [2.75, 3.05) is 7.11 Å². The number of aromatic nitrogens is 1. The highest BCUT2D eigenvalue weighted by Crippen LogP contribution is 2.24. The van der Waals surface area contributed by atoms with E-state index < -0.39 is 6.09 Å². The normalized spacial score (nSPS) is 10.3. The third-order valence-electron chi connectivity index (χ3n) is 2.38. The van der Waals surface area contributed by atoms with E-state index in [1.807, 2.05) is 0 Å². The van der Waals surface area contributed by atoms with Crippen molar-refractivity contribution in [1.29, 1.82) is 0 Å². The highest BCUT2D eigenvalue weighted by Gasteiger charge is 2.12. The number of aldehydes is 1. The maximum absolute atomic E-state index is 10.9. The molecular formula is C11H9NO4. The first-order valence-corrected chi connectivity index (χ1v) is 4.55. The van der Waals surface area contributed by atoms with Gasteiger partial charge in [0.05, 0.1) is 12.6 Å². The lowest BCUT2D eigenvalue weighted by atomic mass is 10.2. The Morgan fingerprint density at radius 3 is 2.81 bits per heavy atom. The van der Waals surface area contributed by atoms with Crippen molar-refractivity contribution < 1.29 is 19.4 Å². The number of hydrogen-bond acceptors (Lipinski definition) is 3. The molecule has 0 spiro atoms. The van der Waals surface area contributed by atoms with Crippen LogP contribution in [0, 0.1) is 0 Å². The molecule has 2 aromatic rings. The third-order valence-corrected chi connectivity index (χ3v) is 2.38. The van der Waals surface area contributed by atoms with E-state index in [1.165, 1.54) is 13.3 Å². The molecule has 0 bridgehead atoms. The predicted molar refractivity (Wildman–Crippen MR) is 57.3 cm³/mol. The Labute approximate surface area is 90.9 Å². The molecule has 0 atom stereocenters. The first kappa shape index (κ1) is 10.2. The Morgan fingerprint density at radius 1 is 1.50 bits per heavy atom. The van der Waals surface area contributed by atoms with Gasteiger partial charge in [0.25, 0.3) is 0 Å². The molecule has 1 aromatic heterocycles. The van der Waals surface area contributed by atoms with E-state index in [1.54, 1.807) is 18.2 Å². The number of rotatable bonds is 2. The summed E-state index contributed by atoms with van der Waals surface area (Å²) in [7, 11) is 1.51. The molecule has 5 nitrogen and oxygen atoms in total. The van der Waals surface area contributed by atoms with Gasteiger partial charge in [0, 0.05) is 17.1 Å². The summed E-state index contributed by atoms with van der Waals surface area (Å²) in [6.07, 6.45) is 0.795. The summed E-state index contributed by atoms with van der Waals surface area (Å²) in [4.78, 5) is 21.7. The molecule has 0 aliphatic carbocycles. The van der Waals surface area contributed by atoms with Gasteiger partial charge in [0.2, 0.25) is 0 Å². The zero-order chi connectivity index (χ0) is 11.7. The minimum absolute atomic E-state index is 0.330. The third kappa shape index (κ3) is 1.42. The highest BCUT2D eigenvalue weighted by molar-refractivity contribution is 6.01. The monoisotopic (exact) mass is 219 g/mol. The van der Waals surface area contributed by atoms with Gasteiger partial charge in [-0.25, -0.2) is 4.79 Å². The molecule has 0 saturated carbocycles. The van der Waals surface area contributed by atoms with Crippen molar-refractivity contribution in [3.05, 3.63) is 30.0 Å². The summed E-state index contributed by atoms with van der Waals surface area (Å²) in [5.74, 6) is 0.582. The van der Waals surface area contributed by atoms with Crippen LogP contribution < -0.4 is 4.74 Å². The number of carboxylic acid groups (broad SMARTS) is 1. The van der Waals surface area contributed by atoms with E-state index in [-0.39, 0.29) is 0 Å². The molecule has 0 radical (unpaired) electrons. The summed E-state index contributed by atoms with van der Waals surface area (Å²) < 4.78 is 6.03. The molecule has 0 fully saturated rings. The van der Waals surface area contributed by atoms with Crippen molar-refractivity contribution in [1.82, 2.24) is 4.57 Å². The second-order valence-corrected chi connectivity index (χ2v) is 3.24. The molecule has 0 aliphatic rings. The van der Waals surface area contributed by atoms with Gasteiger partial charge in [-0.05, 0) is 18.2 Å². The van der Waals surface area contributed by atoms with Crippen LogP contribution in [0.4, 0.5) is 4.79 Å². The predicted octanol–water partition coefficient (Wildman–Crippen LogP) is 1.99. The number of methoxy groups -OCH3 is 1. The molecular weight excluding hydrogens is 210 g/mol.